The van der Waals surface area contributed by atoms with E-state index in [-0.39, 0.29) is 18.9 Å². The number of unbranched alkanes of at least 4 members (excludes halogenated alkanes) is 33. The van der Waals surface area contributed by atoms with Crippen LogP contribution in [0.1, 0.15) is 258 Å². The van der Waals surface area contributed by atoms with Crippen molar-refractivity contribution in [1.82, 2.24) is 5.32 Å². The molecular weight excluding hydrogens is 967 g/mol. The zero-order valence-electron chi connectivity index (χ0n) is 48.0. The van der Waals surface area contributed by atoms with E-state index in [4.69, 9.17) is 18.9 Å². The van der Waals surface area contributed by atoms with E-state index in [9.17, 15) is 45.6 Å². The third-order valence-corrected chi connectivity index (χ3v) is 15.3. The van der Waals surface area contributed by atoms with Gasteiger partial charge in [0.05, 0.1) is 32.0 Å². The Balaban J connectivity index is 1.71. The van der Waals surface area contributed by atoms with Crippen molar-refractivity contribution in [3.8, 4) is 0 Å². The van der Waals surface area contributed by atoms with E-state index in [1.54, 1.807) is 6.08 Å². The van der Waals surface area contributed by atoms with Crippen LogP contribution in [-0.4, -0.2) is 140 Å². The van der Waals surface area contributed by atoms with Crippen LogP contribution >= 0.6 is 0 Å². The van der Waals surface area contributed by atoms with Gasteiger partial charge in [-0.15, -0.1) is 0 Å². The fourth-order valence-corrected chi connectivity index (χ4v) is 10.3. The summed E-state index contributed by atoms with van der Waals surface area (Å²) >= 11 is 0. The highest BCUT2D eigenvalue weighted by atomic mass is 16.7. The molecule has 0 spiro atoms. The Bertz CT molecular complexity index is 1410. The lowest BCUT2D eigenvalue weighted by Crippen LogP contribution is -2.65. The number of nitrogens with one attached hydrogen (secondary N) is 1. The van der Waals surface area contributed by atoms with Gasteiger partial charge in [-0.1, -0.05) is 243 Å². The van der Waals surface area contributed by atoms with E-state index in [0.29, 0.717) is 12.8 Å². The molecule has 76 heavy (non-hydrogen) atoms. The molecule has 14 heteroatoms. The van der Waals surface area contributed by atoms with Crippen LogP contribution in [0.3, 0.4) is 0 Å². The molecule has 0 aromatic heterocycles. The summed E-state index contributed by atoms with van der Waals surface area (Å²) in [6, 6.07) is -0.935. The Morgan fingerprint density at radius 3 is 1.29 bits per heavy atom. The van der Waals surface area contributed by atoms with Crippen molar-refractivity contribution in [1.29, 1.82) is 0 Å². The van der Waals surface area contributed by atoms with E-state index < -0.39 is 86.8 Å². The molecule has 2 aliphatic heterocycles. The number of hydrogen-bond donors (Lipinski definition) is 9. The minimum Gasteiger partial charge on any atom is -0.394 e. The van der Waals surface area contributed by atoms with Crippen LogP contribution in [0.5, 0.6) is 0 Å². The first-order valence-electron chi connectivity index (χ1n) is 31.2. The van der Waals surface area contributed by atoms with Crippen molar-refractivity contribution >= 4 is 5.91 Å². The van der Waals surface area contributed by atoms with Gasteiger partial charge in [0.1, 0.15) is 48.8 Å². The van der Waals surface area contributed by atoms with Crippen molar-refractivity contribution in [2.45, 2.75) is 331 Å². The molecule has 2 saturated heterocycles. The number of rotatable bonds is 50. The number of hydrogen-bond acceptors (Lipinski definition) is 13. The van der Waals surface area contributed by atoms with Crippen molar-refractivity contribution in [2.75, 3.05) is 19.8 Å². The maximum Gasteiger partial charge on any atom is 0.220 e. The SMILES string of the molecule is CCCCCCCCCCCCCCCCCCCCCC/C=C/CC/C=C/CC/C=C/C(O)C(COC1OC(CO)C(OC2OC(CO)C(O)C(O)C2O)C(O)C1O)NC(=O)CCCCCCCCCCCCCC. The van der Waals surface area contributed by atoms with Gasteiger partial charge in [0.15, 0.2) is 12.6 Å². The van der Waals surface area contributed by atoms with E-state index in [2.05, 4.69) is 43.5 Å². The lowest BCUT2D eigenvalue weighted by molar-refractivity contribution is -0.359. The Kier molecular flexibility index (Phi) is 44.4. The predicted molar refractivity (Wildman–Crippen MR) is 305 cm³/mol. The summed E-state index contributed by atoms with van der Waals surface area (Å²) in [5, 5.41) is 87.0. The highest BCUT2D eigenvalue weighted by Crippen LogP contribution is 2.30. The van der Waals surface area contributed by atoms with Gasteiger partial charge in [0.2, 0.25) is 5.91 Å². The minimum absolute atomic E-state index is 0.253. The summed E-state index contributed by atoms with van der Waals surface area (Å²) in [6.45, 7) is 2.78. The molecule has 0 aliphatic carbocycles. The van der Waals surface area contributed by atoms with Gasteiger partial charge in [0.25, 0.3) is 0 Å². The van der Waals surface area contributed by atoms with Gasteiger partial charge >= 0.3 is 0 Å². The summed E-state index contributed by atoms with van der Waals surface area (Å²) in [7, 11) is 0. The second-order valence-corrected chi connectivity index (χ2v) is 22.2. The second-order valence-electron chi connectivity index (χ2n) is 22.2. The first-order valence-corrected chi connectivity index (χ1v) is 31.2. The van der Waals surface area contributed by atoms with Crippen LogP contribution in [0.2, 0.25) is 0 Å². The molecule has 9 N–H and O–H groups in total. The minimum atomic E-state index is -1.79. The molecule has 0 aromatic carbocycles. The lowest BCUT2D eigenvalue weighted by Gasteiger charge is -2.46. The summed E-state index contributed by atoms with van der Waals surface area (Å²) in [5.74, 6) is -0.253. The van der Waals surface area contributed by atoms with Crippen molar-refractivity contribution in [2.24, 2.45) is 0 Å². The maximum absolute atomic E-state index is 13.2. The average Bonchev–Trinajstić information content (AvgIpc) is 3.42. The standard InChI is InChI=1S/C62H115NO13/c1-3-5-7-9-11-13-15-17-18-19-20-21-22-23-24-25-26-27-28-29-30-31-32-33-34-35-37-39-41-43-45-51(66)50(63-54(67)46-44-42-40-38-36-16-14-12-10-8-6-4-2)49-73-61-59(72)57(70)60(53(48-65)75-61)76-62-58(71)56(69)55(68)52(47-64)74-62/h31-32,35,37,43,45,50-53,55-62,64-66,68-72H,3-30,33-34,36,38-42,44,46-49H2,1-2H3,(H,63,67)/b32-31+,37-35+,45-43+. The van der Waals surface area contributed by atoms with E-state index in [1.807, 2.05) is 6.08 Å². The predicted octanol–water partition coefficient (Wildman–Crippen LogP) is 11.0. The molecule has 0 saturated carbocycles. The third kappa shape index (κ3) is 33.1. The zero-order valence-corrected chi connectivity index (χ0v) is 48.0. The monoisotopic (exact) mass is 1080 g/mol. The molecule has 1 amide bonds. The highest BCUT2D eigenvalue weighted by Gasteiger charge is 2.51. The molecule has 0 bridgehead atoms. The Labute approximate surface area is 461 Å². The fraction of sp³-hybridized carbons (Fsp3) is 0.887. The van der Waals surface area contributed by atoms with Crippen LogP contribution in [0.15, 0.2) is 36.5 Å². The van der Waals surface area contributed by atoms with Gasteiger partial charge in [-0.25, -0.2) is 0 Å². The highest BCUT2D eigenvalue weighted by molar-refractivity contribution is 5.76. The maximum atomic E-state index is 13.2. The van der Waals surface area contributed by atoms with Crippen LogP contribution in [0, 0.1) is 0 Å². The number of carbonyl (C=O) groups excluding carboxylic acids is 1. The quantitative estimate of drug-likeness (QED) is 0.0204. The number of ether oxygens (including phenoxy) is 4. The first kappa shape index (κ1) is 70.3. The molecule has 2 heterocycles. The number of amides is 1. The van der Waals surface area contributed by atoms with Crippen LogP contribution in [-0.2, 0) is 23.7 Å². The van der Waals surface area contributed by atoms with E-state index in [1.165, 1.54) is 180 Å². The average molecular weight is 1080 g/mol. The lowest BCUT2D eigenvalue weighted by atomic mass is 9.97. The van der Waals surface area contributed by atoms with E-state index in [0.717, 1.165) is 44.9 Å². The number of allylic oxidation sites excluding steroid dienone is 5. The summed E-state index contributed by atoms with van der Waals surface area (Å²) in [6.07, 6.45) is 42.2. The molecule has 0 aromatic rings. The Hall–Kier alpha value is -1.79. The smallest absolute Gasteiger partial charge is 0.220 e. The normalized spacial score (nSPS) is 25.1. The van der Waals surface area contributed by atoms with Crippen LogP contribution in [0.4, 0.5) is 0 Å². The van der Waals surface area contributed by atoms with Crippen molar-refractivity contribution < 1.29 is 64.6 Å². The molecule has 2 aliphatic rings. The van der Waals surface area contributed by atoms with E-state index >= 15 is 0 Å². The first-order chi connectivity index (χ1) is 37.1. The van der Waals surface area contributed by atoms with Crippen LogP contribution in [0.25, 0.3) is 0 Å². The molecule has 12 atom stereocenters. The van der Waals surface area contributed by atoms with Gasteiger partial charge in [-0.2, -0.15) is 0 Å². The fourth-order valence-electron chi connectivity index (χ4n) is 10.3. The second kappa shape index (κ2) is 48.0. The summed E-state index contributed by atoms with van der Waals surface area (Å²) < 4.78 is 22.7. The topological polar surface area (TPSA) is 228 Å². The largest absolute Gasteiger partial charge is 0.394 e. The van der Waals surface area contributed by atoms with Gasteiger partial charge in [-0.05, 0) is 44.9 Å². The number of aliphatic hydroxyl groups is 8. The molecule has 2 fully saturated rings. The van der Waals surface area contributed by atoms with Crippen molar-refractivity contribution in [3.63, 3.8) is 0 Å². The molecule has 0 radical (unpaired) electrons. The summed E-state index contributed by atoms with van der Waals surface area (Å²) in [4.78, 5) is 13.2. The Morgan fingerprint density at radius 2 is 0.842 bits per heavy atom. The molecular formula is C62H115NO13. The van der Waals surface area contributed by atoms with Crippen LogP contribution < -0.4 is 5.32 Å². The molecule has 12 unspecified atom stereocenters. The van der Waals surface area contributed by atoms with Gasteiger partial charge < -0.3 is 65.1 Å². The number of carbonyl (C=O) groups is 1. The van der Waals surface area contributed by atoms with Crippen molar-refractivity contribution in [3.05, 3.63) is 36.5 Å². The molecule has 14 nitrogen and oxygen atoms in total. The van der Waals surface area contributed by atoms with Gasteiger partial charge in [-0.3, -0.25) is 4.79 Å². The summed E-state index contributed by atoms with van der Waals surface area (Å²) in [5.41, 5.74) is 0. The molecule has 446 valence electrons. The third-order valence-electron chi connectivity index (χ3n) is 15.3. The zero-order chi connectivity index (χ0) is 55.3. The number of aliphatic hydroxyl groups excluding tert-OH is 8. The Morgan fingerprint density at radius 1 is 0.461 bits per heavy atom. The van der Waals surface area contributed by atoms with Gasteiger partial charge in [0, 0.05) is 6.42 Å². The molecule has 2 rings (SSSR count).